The maximum absolute atomic E-state index is 13.6. The van der Waals surface area contributed by atoms with E-state index in [2.05, 4.69) is 40.3 Å². The first-order valence-corrected chi connectivity index (χ1v) is 10.5. The molecule has 0 atom stereocenters. The van der Waals surface area contributed by atoms with Crippen LogP contribution in [0, 0.1) is 5.82 Å². The Balaban J connectivity index is 1.48. The van der Waals surface area contributed by atoms with E-state index < -0.39 is 0 Å². The van der Waals surface area contributed by atoms with Gasteiger partial charge in [-0.1, -0.05) is 30.7 Å². The van der Waals surface area contributed by atoms with Gasteiger partial charge in [-0.15, -0.1) is 0 Å². The van der Waals surface area contributed by atoms with Crippen LogP contribution >= 0.6 is 0 Å². The van der Waals surface area contributed by atoms with Crippen molar-refractivity contribution in [1.82, 2.24) is 9.97 Å². The van der Waals surface area contributed by atoms with Gasteiger partial charge in [-0.2, -0.15) is 0 Å². The number of pyridine rings is 2. The summed E-state index contributed by atoms with van der Waals surface area (Å²) in [6, 6.07) is 15.5. The average molecular weight is 404 g/mol. The van der Waals surface area contributed by atoms with Crippen molar-refractivity contribution in [3.63, 3.8) is 0 Å². The maximum atomic E-state index is 13.6. The third-order valence-electron chi connectivity index (χ3n) is 5.53. The summed E-state index contributed by atoms with van der Waals surface area (Å²) in [5.74, 6) is -0.000986. The molecule has 0 fully saturated rings. The Morgan fingerprint density at radius 1 is 0.800 bits per heavy atom. The van der Waals surface area contributed by atoms with Crippen molar-refractivity contribution in [2.75, 3.05) is 12.3 Å². The van der Waals surface area contributed by atoms with Crippen LogP contribution in [0.15, 0.2) is 54.7 Å². The number of aliphatic hydroxyl groups excluding tert-OH is 1. The van der Waals surface area contributed by atoms with Gasteiger partial charge in [0, 0.05) is 29.6 Å². The SMILES string of the molecule is Nc1nc2cc(F)ccc2c2cc(CCc3ccc(CCCCCO)cc3)cnc12. The number of nitrogen functional groups attached to an aromatic ring is 1. The molecule has 2 aromatic heterocycles. The Bertz CT molecular complexity index is 1160. The Kier molecular flexibility index (Phi) is 6.19. The molecule has 2 heterocycles. The van der Waals surface area contributed by atoms with Crippen LogP contribution in [0.4, 0.5) is 10.2 Å². The number of hydrogen-bond donors (Lipinski definition) is 2. The molecule has 0 spiro atoms. The minimum atomic E-state index is -0.324. The van der Waals surface area contributed by atoms with Crippen LogP contribution in [-0.2, 0) is 19.3 Å². The van der Waals surface area contributed by atoms with Crippen molar-refractivity contribution >= 4 is 27.6 Å². The summed E-state index contributed by atoms with van der Waals surface area (Å²) in [6.07, 6.45) is 7.75. The van der Waals surface area contributed by atoms with Gasteiger partial charge in [-0.25, -0.2) is 9.37 Å². The van der Waals surface area contributed by atoms with Gasteiger partial charge in [0.25, 0.3) is 0 Å². The number of halogens is 1. The molecule has 5 heteroatoms. The zero-order valence-corrected chi connectivity index (χ0v) is 16.9. The molecule has 0 amide bonds. The highest BCUT2D eigenvalue weighted by Gasteiger charge is 2.09. The highest BCUT2D eigenvalue weighted by Crippen LogP contribution is 2.28. The highest BCUT2D eigenvalue weighted by atomic mass is 19.1. The van der Waals surface area contributed by atoms with Crippen LogP contribution in [0.5, 0.6) is 0 Å². The molecule has 154 valence electrons. The summed E-state index contributed by atoms with van der Waals surface area (Å²) >= 11 is 0. The van der Waals surface area contributed by atoms with E-state index in [1.807, 2.05) is 6.20 Å². The number of hydrogen-bond acceptors (Lipinski definition) is 4. The summed E-state index contributed by atoms with van der Waals surface area (Å²) in [6.45, 7) is 0.276. The van der Waals surface area contributed by atoms with Crippen LogP contribution < -0.4 is 5.73 Å². The number of rotatable bonds is 8. The molecule has 0 radical (unpaired) electrons. The lowest BCUT2D eigenvalue weighted by Crippen LogP contribution is -1.98. The standard InChI is InChI=1S/C25H26FN3O/c26-20-11-12-21-22-14-19(16-28-24(22)25(27)29-23(21)15-20)10-9-18-7-5-17(6-8-18)4-2-1-3-13-30/h5-8,11-12,14-16,30H,1-4,9-10,13H2,(H2,27,29). The summed E-state index contributed by atoms with van der Waals surface area (Å²) in [5, 5.41) is 10.6. The first-order valence-electron chi connectivity index (χ1n) is 10.5. The van der Waals surface area contributed by atoms with E-state index in [1.54, 1.807) is 6.07 Å². The molecule has 0 saturated heterocycles. The van der Waals surface area contributed by atoms with Crippen LogP contribution in [0.3, 0.4) is 0 Å². The van der Waals surface area contributed by atoms with E-state index in [9.17, 15) is 4.39 Å². The molecule has 30 heavy (non-hydrogen) atoms. The van der Waals surface area contributed by atoms with Crippen molar-refractivity contribution in [1.29, 1.82) is 0 Å². The Labute approximate surface area is 175 Å². The number of aromatic nitrogens is 2. The van der Waals surface area contributed by atoms with Gasteiger partial charge in [-0.3, -0.25) is 4.98 Å². The zero-order valence-electron chi connectivity index (χ0n) is 16.9. The number of anilines is 1. The lowest BCUT2D eigenvalue weighted by atomic mass is 10.0. The predicted octanol–water partition coefficient (Wildman–Crippen LogP) is 4.99. The molecule has 0 aliphatic carbocycles. The number of nitrogens with two attached hydrogens (primary N) is 1. The van der Waals surface area contributed by atoms with E-state index >= 15 is 0 Å². The molecule has 4 rings (SSSR count). The number of fused-ring (bicyclic) bond motifs is 3. The molecule has 4 nitrogen and oxygen atoms in total. The Morgan fingerprint density at radius 2 is 1.53 bits per heavy atom. The largest absolute Gasteiger partial charge is 0.396 e. The first-order chi connectivity index (χ1) is 14.6. The minimum absolute atomic E-state index is 0.276. The lowest BCUT2D eigenvalue weighted by molar-refractivity contribution is 0.283. The van der Waals surface area contributed by atoms with Crippen molar-refractivity contribution in [2.24, 2.45) is 0 Å². The van der Waals surface area contributed by atoms with Gasteiger partial charge < -0.3 is 10.8 Å². The second-order valence-electron chi connectivity index (χ2n) is 7.75. The van der Waals surface area contributed by atoms with Crippen molar-refractivity contribution in [2.45, 2.75) is 38.5 Å². The molecule has 0 bridgehead atoms. The van der Waals surface area contributed by atoms with Gasteiger partial charge in [0.05, 0.1) is 5.52 Å². The molecule has 2 aromatic carbocycles. The second-order valence-corrected chi connectivity index (χ2v) is 7.75. The molecule has 0 saturated carbocycles. The van der Waals surface area contributed by atoms with Gasteiger partial charge in [0.2, 0.25) is 0 Å². The number of nitrogens with zero attached hydrogens (tertiary/aromatic N) is 2. The number of aliphatic hydroxyl groups is 1. The van der Waals surface area contributed by atoms with Crippen LogP contribution in [-0.4, -0.2) is 21.7 Å². The minimum Gasteiger partial charge on any atom is -0.396 e. The van der Waals surface area contributed by atoms with Gasteiger partial charge in [0.1, 0.15) is 11.3 Å². The van der Waals surface area contributed by atoms with E-state index in [1.165, 1.54) is 23.3 Å². The van der Waals surface area contributed by atoms with Gasteiger partial charge >= 0.3 is 0 Å². The van der Waals surface area contributed by atoms with E-state index in [4.69, 9.17) is 10.8 Å². The Morgan fingerprint density at radius 3 is 2.30 bits per heavy atom. The molecule has 3 N–H and O–H groups in total. The lowest BCUT2D eigenvalue weighted by Gasteiger charge is -2.09. The number of benzene rings is 2. The van der Waals surface area contributed by atoms with E-state index in [-0.39, 0.29) is 12.4 Å². The summed E-state index contributed by atoms with van der Waals surface area (Å²) in [7, 11) is 0. The summed E-state index contributed by atoms with van der Waals surface area (Å²) in [4.78, 5) is 8.82. The average Bonchev–Trinajstić information content (AvgIpc) is 2.76. The second kappa shape index (κ2) is 9.18. The highest BCUT2D eigenvalue weighted by molar-refractivity contribution is 6.08. The van der Waals surface area contributed by atoms with Crippen LogP contribution in [0.1, 0.15) is 36.0 Å². The topological polar surface area (TPSA) is 72.0 Å². The van der Waals surface area contributed by atoms with Gasteiger partial charge in [-0.05, 0) is 67.0 Å². The maximum Gasteiger partial charge on any atom is 0.150 e. The normalized spacial score (nSPS) is 11.4. The third-order valence-corrected chi connectivity index (χ3v) is 5.53. The van der Waals surface area contributed by atoms with Crippen molar-refractivity contribution < 1.29 is 9.50 Å². The van der Waals surface area contributed by atoms with Gasteiger partial charge in [0.15, 0.2) is 5.82 Å². The third kappa shape index (κ3) is 4.57. The van der Waals surface area contributed by atoms with Crippen LogP contribution in [0.2, 0.25) is 0 Å². The molecule has 0 aliphatic heterocycles. The predicted molar refractivity (Wildman–Crippen MR) is 120 cm³/mol. The zero-order chi connectivity index (χ0) is 20.9. The Hall–Kier alpha value is -3.05. The number of unbranched alkanes of at least 4 members (excludes halogenated alkanes) is 2. The summed E-state index contributed by atoms with van der Waals surface area (Å²) in [5.41, 5.74) is 11.0. The quantitative estimate of drug-likeness (QED) is 0.321. The molecule has 0 aliphatic rings. The van der Waals surface area contributed by atoms with E-state index in [0.717, 1.165) is 54.9 Å². The fraction of sp³-hybridized carbons (Fsp3) is 0.280. The molecule has 0 unspecified atom stereocenters. The summed E-state index contributed by atoms with van der Waals surface area (Å²) < 4.78 is 13.6. The smallest absolute Gasteiger partial charge is 0.150 e. The fourth-order valence-corrected chi connectivity index (χ4v) is 3.84. The monoisotopic (exact) mass is 403 g/mol. The number of aryl methyl sites for hydroxylation is 3. The van der Waals surface area contributed by atoms with Crippen molar-refractivity contribution in [3.05, 3.63) is 77.2 Å². The van der Waals surface area contributed by atoms with Crippen LogP contribution in [0.25, 0.3) is 21.8 Å². The fourth-order valence-electron chi connectivity index (χ4n) is 3.84. The molecule has 4 aromatic rings. The van der Waals surface area contributed by atoms with E-state index in [0.29, 0.717) is 16.9 Å². The molecular formula is C25H26FN3O. The first kappa shape index (κ1) is 20.2. The van der Waals surface area contributed by atoms with Crippen molar-refractivity contribution in [3.8, 4) is 0 Å². The molecular weight excluding hydrogens is 377 g/mol.